The van der Waals surface area contributed by atoms with Gasteiger partial charge in [0.15, 0.2) is 5.78 Å². The summed E-state index contributed by atoms with van der Waals surface area (Å²) in [6.45, 7) is 0.481. The van der Waals surface area contributed by atoms with Crippen LogP contribution in [0.1, 0.15) is 36.0 Å². The first-order valence-electron chi connectivity index (χ1n) is 6.92. The van der Waals surface area contributed by atoms with Gasteiger partial charge < -0.3 is 15.2 Å². The molecule has 1 heterocycles. The normalized spacial score (nSPS) is 26.4. The lowest BCUT2D eigenvalue weighted by Crippen LogP contribution is -2.25. The minimum atomic E-state index is -0.343. The largest absolute Gasteiger partial charge is 0.490 e. The lowest BCUT2D eigenvalue weighted by atomic mass is 10.0. The maximum Gasteiger partial charge on any atom is 0.191 e. The van der Waals surface area contributed by atoms with E-state index in [4.69, 9.17) is 15.2 Å². The highest BCUT2D eigenvalue weighted by Crippen LogP contribution is 2.28. The molecule has 1 aromatic rings. The second kappa shape index (κ2) is 5.31. The highest BCUT2D eigenvalue weighted by atomic mass is 16.5. The highest BCUT2D eigenvalue weighted by molar-refractivity contribution is 5.99. The van der Waals surface area contributed by atoms with E-state index in [1.165, 1.54) is 0 Å². The van der Waals surface area contributed by atoms with Crippen molar-refractivity contribution in [3.05, 3.63) is 29.8 Å². The third kappa shape index (κ3) is 2.96. The van der Waals surface area contributed by atoms with E-state index in [0.717, 1.165) is 31.4 Å². The second-order valence-corrected chi connectivity index (χ2v) is 5.27. The predicted molar refractivity (Wildman–Crippen MR) is 71.4 cm³/mol. The molecule has 3 rings (SSSR count). The van der Waals surface area contributed by atoms with Gasteiger partial charge in [0.25, 0.3) is 0 Å². The fourth-order valence-corrected chi connectivity index (χ4v) is 2.36. The second-order valence-electron chi connectivity index (χ2n) is 5.27. The molecule has 2 fully saturated rings. The summed E-state index contributed by atoms with van der Waals surface area (Å²) in [6, 6.07) is 7.40. The minimum Gasteiger partial charge on any atom is -0.490 e. The molecular weight excluding hydrogens is 242 g/mol. The van der Waals surface area contributed by atoms with E-state index in [1.54, 1.807) is 0 Å². The first kappa shape index (κ1) is 12.6. The number of carbonyl (C=O) groups is 1. The van der Waals surface area contributed by atoms with Crippen LogP contribution in [0.4, 0.5) is 0 Å². The van der Waals surface area contributed by atoms with Crippen molar-refractivity contribution in [1.82, 2.24) is 0 Å². The summed E-state index contributed by atoms with van der Waals surface area (Å²) in [4.78, 5) is 12.3. The van der Waals surface area contributed by atoms with Gasteiger partial charge in [-0.2, -0.15) is 0 Å². The molecule has 4 nitrogen and oxygen atoms in total. The van der Waals surface area contributed by atoms with Crippen LogP contribution >= 0.6 is 0 Å². The van der Waals surface area contributed by atoms with Crippen LogP contribution in [-0.2, 0) is 4.74 Å². The van der Waals surface area contributed by atoms with Crippen molar-refractivity contribution in [1.29, 1.82) is 0 Å². The van der Waals surface area contributed by atoms with Crippen LogP contribution in [0.15, 0.2) is 24.3 Å². The number of benzene rings is 1. The number of hydrogen-bond donors (Lipinski definition) is 1. The van der Waals surface area contributed by atoms with E-state index in [9.17, 15) is 4.79 Å². The van der Waals surface area contributed by atoms with E-state index in [1.807, 2.05) is 24.3 Å². The van der Waals surface area contributed by atoms with Crippen LogP contribution in [-0.4, -0.2) is 30.6 Å². The summed E-state index contributed by atoms with van der Waals surface area (Å²) in [5.41, 5.74) is 6.23. The lowest BCUT2D eigenvalue weighted by Gasteiger charge is -2.12. The Hall–Kier alpha value is -1.39. The standard InChI is InChI=1S/C15H19NO3/c16-9-13-6-7-14(19-13)15(17)10-2-1-3-12(8-10)18-11-4-5-11/h1-3,8,11,13-14H,4-7,9,16H2. The number of rotatable bonds is 5. The van der Waals surface area contributed by atoms with Crippen LogP contribution in [0.25, 0.3) is 0 Å². The number of Topliss-reactive ketones (excluding diaryl/α,β-unsaturated/α-hetero) is 1. The topological polar surface area (TPSA) is 61.6 Å². The first-order chi connectivity index (χ1) is 9.26. The molecule has 0 bridgehead atoms. The fourth-order valence-electron chi connectivity index (χ4n) is 2.36. The van der Waals surface area contributed by atoms with Crippen LogP contribution in [0, 0.1) is 0 Å². The van der Waals surface area contributed by atoms with Crippen molar-refractivity contribution in [2.45, 2.75) is 44.0 Å². The molecule has 1 saturated heterocycles. The third-order valence-electron chi connectivity index (χ3n) is 3.61. The highest BCUT2D eigenvalue weighted by Gasteiger charge is 2.31. The molecule has 1 aromatic carbocycles. The summed E-state index contributed by atoms with van der Waals surface area (Å²) in [5, 5.41) is 0. The lowest BCUT2D eigenvalue weighted by molar-refractivity contribution is 0.0404. The molecule has 2 N–H and O–H groups in total. The maximum atomic E-state index is 12.3. The Balaban J connectivity index is 1.68. The average Bonchev–Trinajstić information content (AvgIpc) is 3.11. The monoisotopic (exact) mass is 261 g/mol. The van der Waals surface area contributed by atoms with Crippen molar-refractivity contribution in [2.24, 2.45) is 5.73 Å². The molecule has 0 spiro atoms. The van der Waals surface area contributed by atoms with Crippen molar-refractivity contribution in [3.8, 4) is 5.75 Å². The zero-order chi connectivity index (χ0) is 13.2. The molecule has 4 heteroatoms. The molecule has 2 aliphatic rings. The van der Waals surface area contributed by atoms with Gasteiger partial charge in [0.1, 0.15) is 11.9 Å². The predicted octanol–water partition coefficient (Wildman–Crippen LogP) is 1.92. The average molecular weight is 261 g/mol. The number of carbonyl (C=O) groups excluding carboxylic acids is 1. The molecule has 0 radical (unpaired) electrons. The van der Waals surface area contributed by atoms with Gasteiger partial charge in [-0.15, -0.1) is 0 Å². The quantitative estimate of drug-likeness (QED) is 0.823. The molecule has 1 saturated carbocycles. The zero-order valence-corrected chi connectivity index (χ0v) is 10.9. The van der Waals surface area contributed by atoms with Gasteiger partial charge >= 0.3 is 0 Å². The van der Waals surface area contributed by atoms with Gasteiger partial charge in [0.05, 0.1) is 12.2 Å². The van der Waals surface area contributed by atoms with Gasteiger partial charge in [-0.1, -0.05) is 12.1 Å². The summed E-state index contributed by atoms with van der Waals surface area (Å²) < 4.78 is 11.4. The molecule has 0 aromatic heterocycles. The summed E-state index contributed by atoms with van der Waals surface area (Å²) in [5.74, 6) is 0.818. The van der Waals surface area contributed by atoms with Crippen LogP contribution in [0.2, 0.25) is 0 Å². The van der Waals surface area contributed by atoms with Gasteiger partial charge in [-0.05, 0) is 37.8 Å². The molecular formula is C15H19NO3. The van der Waals surface area contributed by atoms with E-state index < -0.39 is 0 Å². The van der Waals surface area contributed by atoms with Gasteiger partial charge in [-0.3, -0.25) is 4.79 Å². The van der Waals surface area contributed by atoms with E-state index in [0.29, 0.717) is 18.2 Å². The Labute approximate surface area is 112 Å². The molecule has 1 aliphatic heterocycles. The number of hydrogen-bond acceptors (Lipinski definition) is 4. The van der Waals surface area contributed by atoms with Crippen molar-refractivity contribution in [2.75, 3.05) is 6.54 Å². The maximum absolute atomic E-state index is 12.3. The molecule has 102 valence electrons. The fraction of sp³-hybridized carbons (Fsp3) is 0.533. The Kier molecular flexibility index (Phi) is 3.53. The van der Waals surface area contributed by atoms with E-state index in [2.05, 4.69) is 0 Å². The van der Waals surface area contributed by atoms with Crippen LogP contribution < -0.4 is 10.5 Å². The Morgan fingerprint density at radius 3 is 2.84 bits per heavy atom. The SMILES string of the molecule is NCC1CCC(C(=O)c2cccc(OC3CC3)c2)O1. The number of nitrogens with two attached hydrogens (primary N) is 1. The Morgan fingerprint density at radius 1 is 1.32 bits per heavy atom. The molecule has 2 atom stereocenters. The van der Waals surface area contributed by atoms with E-state index in [-0.39, 0.29) is 18.0 Å². The minimum absolute atomic E-state index is 0.0276. The smallest absolute Gasteiger partial charge is 0.191 e. The van der Waals surface area contributed by atoms with Crippen molar-refractivity contribution >= 4 is 5.78 Å². The Morgan fingerprint density at radius 2 is 2.16 bits per heavy atom. The van der Waals surface area contributed by atoms with Crippen LogP contribution in [0.5, 0.6) is 5.75 Å². The summed E-state index contributed by atoms with van der Waals surface area (Å²) >= 11 is 0. The molecule has 19 heavy (non-hydrogen) atoms. The van der Waals surface area contributed by atoms with Crippen molar-refractivity contribution < 1.29 is 14.3 Å². The molecule has 1 aliphatic carbocycles. The Bertz CT molecular complexity index is 470. The number of ketones is 1. The van der Waals surface area contributed by atoms with Crippen molar-refractivity contribution in [3.63, 3.8) is 0 Å². The number of ether oxygens (including phenoxy) is 2. The van der Waals surface area contributed by atoms with Crippen LogP contribution in [0.3, 0.4) is 0 Å². The third-order valence-corrected chi connectivity index (χ3v) is 3.61. The first-order valence-corrected chi connectivity index (χ1v) is 6.92. The van der Waals surface area contributed by atoms with Gasteiger partial charge in [0, 0.05) is 12.1 Å². The summed E-state index contributed by atoms with van der Waals surface area (Å²) in [7, 11) is 0. The zero-order valence-electron chi connectivity index (χ0n) is 10.9. The molecule has 2 unspecified atom stereocenters. The van der Waals surface area contributed by atoms with E-state index >= 15 is 0 Å². The van der Waals surface area contributed by atoms with Gasteiger partial charge in [-0.25, -0.2) is 0 Å². The van der Waals surface area contributed by atoms with Gasteiger partial charge in [0.2, 0.25) is 0 Å². The molecule has 0 amide bonds. The summed E-state index contributed by atoms with van der Waals surface area (Å²) in [6.07, 6.45) is 3.88.